The molecule has 0 spiro atoms. The molecule has 3 N–H and O–H groups in total. The lowest BCUT2D eigenvalue weighted by atomic mass is 10.4. The van der Waals surface area contributed by atoms with Gasteiger partial charge in [-0.3, -0.25) is 0 Å². The monoisotopic (exact) mass is 169 g/mol. The van der Waals surface area contributed by atoms with E-state index in [4.69, 9.17) is 10.3 Å². The number of carboxylic acid groups (broad SMARTS) is 1. The lowest BCUT2D eigenvalue weighted by Gasteiger charge is -2.01. The van der Waals surface area contributed by atoms with Gasteiger partial charge in [0.05, 0.1) is 24.5 Å². The summed E-state index contributed by atoms with van der Waals surface area (Å²) >= 11 is 0. The van der Waals surface area contributed by atoms with Crippen LogP contribution in [-0.4, -0.2) is 31.3 Å². The number of nitrogens with one attached hydrogen (secondary N) is 1. The molecule has 2 rings (SSSR count). The van der Waals surface area contributed by atoms with Gasteiger partial charge in [0.2, 0.25) is 5.82 Å². The lowest BCUT2D eigenvalue weighted by Crippen LogP contribution is -2.11. The summed E-state index contributed by atoms with van der Waals surface area (Å²) in [5.41, 5.74) is 1.28. The quantitative estimate of drug-likeness (QED) is 0.542. The molecule has 0 atom stereocenters. The summed E-state index contributed by atoms with van der Waals surface area (Å²) in [5, 5.41) is 18.6. The third kappa shape index (κ3) is 0.973. The van der Waals surface area contributed by atoms with E-state index in [2.05, 4.69) is 9.97 Å². The van der Waals surface area contributed by atoms with Crippen LogP contribution in [0.15, 0.2) is 0 Å². The highest BCUT2D eigenvalue weighted by atomic mass is 16.5. The van der Waals surface area contributed by atoms with Crippen molar-refractivity contribution < 1.29 is 15.1 Å². The minimum atomic E-state index is -1.08. The fourth-order valence-electron chi connectivity index (χ4n) is 1.22. The number of carbonyl (C=O) groups is 1. The molecule has 1 aliphatic rings. The number of hydroxylamine groups is 2. The van der Waals surface area contributed by atoms with Gasteiger partial charge in [-0.15, -0.1) is 0 Å². The number of fused-ring (bicyclic) bond motifs is 1. The Morgan fingerprint density at radius 2 is 2.33 bits per heavy atom. The van der Waals surface area contributed by atoms with E-state index in [1.54, 1.807) is 0 Å². The molecule has 0 amide bonds. The summed E-state index contributed by atoms with van der Waals surface area (Å²) in [6, 6.07) is 0. The molecule has 6 heteroatoms. The molecule has 64 valence electrons. The molecule has 1 aromatic heterocycles. The van der Waals surface area contributed by atoms with Crippen molar-refractivity contribution in [2.75, 3.05) is 0 Å². The van der Waals surface area contributed by atoms with Crippen molar-refractivity contribution in [3.05, 3.63) is 17.2 Å². The second-order valence-corrected chi connectivity index (χ2v) is 2.64. The van der Waals surface area contributed by atoms with E-state index in [1.165, 1.54) is 0 Å². The van der Waals surface area contributed by atoms with Crippen LogP contribution >= 0.6 is 0 Å². The number of aromatic carboxylic acids is 1. The van der Waals surface area contributed by atoms with E-state index in [9.17, 15) is 4.79 Å². The molecule has 0 saturated heterocycles. The Labute approximate surface area is 67.4 Å². The van der Waals surface area contributed by atoms with Crippen molar-refractivity contribution in [3.63, 3.8) is 0 Å². The smallest absolute Gasteiger partial charge is 0.371 e. The van der Waals surface area contributed by atoms with Crippen LogP contribution in [0.5, 0.6) is 0 Å². The zero-order valence-corrected chi connectivity index (χ0v) is 6.11. The van der Waals surface area contributed by atoms with Crippen LogP contribution in [0.25, 0.3) is 0 Å². The molecule has 0 saturated carbocycles. The van der Waals surface area contributed by atoms with Crippen molar-refractivity contribution in [1.82, 2.24) is 15.0 Å². The average Bonchev–Trinajstić information content (AvgIpc) is 2.42. The van der Waals surface area contributed by atoms with Crippen LogP contribution in [0.4, 0.5) is 0 Å². The van der Waals surface area contributed by atoms with Gasteiger partial charge in [-0.05, 0) is 0 Å². The largest absolute Gasteiger partial charge is 0.475 e. The highest BCUT2D eigenvalue weighted by Gasteiger charge is 2.23. The fourth-order valence-corrected chi connectivity index (χ4v) is 1.22. The second kappa shape index (κ2) is 2.29. The first-order chi connectivity index (χ1) is 5.66. The summed E-state index contributed by atoms with van der Waals surface area (Å²) in [7, 11) is 0. The van der Waals surface area contributed by atoms with E-state index < -0.39 is 5.97 Å². The number of imidazole rings is 1. The highest BCUT2D eigenvalue weighted by Crippen LogP contribution is 2.17. The van der Waals surface area contributed by atoms with Crippen LogP contribution in [0.1, 0.15) is 22.0 Å². The first-order valence-electron chi connectivity index (χ1n) is 3.41. The summed E-state index contributed by atoms with van der Waals surface area (Å²) in [5.74, 6) is -1.14. The van der Waals surface area contributed by atoms with Gasteiger partial charge in [-0.1, -0.05) is 0 Å². The summed E-state index contributed by atoms with van der Waals surface area (Å²) in [6.07, 6.45) is 0. The minimum absolute atomic E-state index is 0.0619. The van der Waals surface area contributed by atoms with E-state index in [0.717, 1.165) is 5.06 Å². The third-order valence-electron chi connectivity index (χ3n) is 1.74. The Hall–Kier alpha value is -1.40. The maximum atomic E-state index is 10.4. The molecule has 0 unspecified atom stereocenters. The molecule has 12 heavy (non-hydrogen) atoms. The molecule has 1 aliphatic heterocycles. The number of rotatable bonds is 1. The number of nitrogens with zero attached hydrogens (tertiary/aromatic N) is 2. The number of carboxylic acids is 1. The van der Waals surface area contributed by atoms with Crippen molar-refractivity contribution in [3.8, 4) is 0 Å². The molecule has 0 aliphatic carbocycles. The van der Waals surface area contributed by atoms with Gasteiger partial charge in [0, 0.05) is 0 Å². The maximum Gasteiger partial charge on any atom is 0.371 e. The van der Waals surface area contributed by atoms with Gasteiger partial charge in [0.15, 0.2) is 0 Å². The van der Waals surface area contributed by atoms with Crippen molar-refractivity contribution in [2.24, 2.45) is 0 Å². The van der Waals surface area contributed by atoms with Crippen LogP contribution in [0.3, 0.4) is 0 Å². The first kappa shape index (κ1) is 7.26. The van der Waals surface area contributed by atoms with Crippen LogP contribution < -0.4 is 0 Å². The second-order valence-electron chi connectivity index (χ2n) is 2.64. The van der Waals surface area contributed by atoms with Crippen molar-refractivity contribution in [1.29, 1.82) is 0 Å². The summed E-state index contributed by atoms with van der Waals surface area (Å²) in [6.45, 7) is 0.606. The lowest BCUT2D eigenvalue weighted by molar-refractivity contribution is -0.0981. The zero-order chi connectivity index (χ0) is 8.72. The van der Waals surface area contributed by atoms with Gasteiger partial charge < -0.3 is 15.3 Å². The molecular weight excluding hydrogens is 162 g/mol. The van der Waals surface area contributed by atoms with E-state index >= 15 is 0 Å². The topological polar surface area (TPSA) is 89.4 Å². The fraction of sp³-hybridized carbons (Fsp3) is 0.333. The Morgan fingerprint density at radius 3 is 2.92 bits per heavy atom. The van der Waals surface area contributed by atoms with E-state index in [0.29, 0.717) is 24.5 Å². The van der Waals surface area contributed by atoms with Gasteiger partial charge >= 0.3 is 5.97 Å². The Morgan fingerprint density at radius 1 is 1.58 bits per heavy atom. The Kier molecular flexibility index (Phi) is 1.39. The molecule has 0 fully saturated rings. The number of aromatic nitrogens is 2. The third-order valence-corrected chi connectivity index (χ3v) is 1.74. The van der Waals surface area contributed by atoms with Crippen LogP contribution in [0, 0.1) is 0 Å². The Bertz CT molecular complexity index is 309. The molecule has 6 nitrogen and oxygen atoms in total. The number of H-pyrrole nitrogens is 1. The predicted molar refractivity (Wildman–Crippen MR) is 36.6 cm³/mol. The molecule has 0 bridgehead atoms. The maximum absolute atomic E-state index is 10.4. The van der Waals surface area contributed by atoms with Crippen LogP contribution in [0.2, 0.25) is 0 Å². The number of hydrogen-bond acceptors (Lipinski definition) is 4. The normalized spacial score (nSPS) is 16.4. The summed E-state index contributed by atoms with van der Waals surface area (Å²) in [4.78, 5) is 16.8. The Balaban J connectivity index is 2.34. The predicted octanol–water partition coefficient (Wildman–Crippen LogP) is -0.187. The van der Waals surface area contributed by atoms with Crippen molar-refractivity contribution >= 4 is 5.97 Å². The minimum Gasteiger partial charge on any atom is -0.475 e. The molecule has 0 radical (unpaired) electrons. The molecule has 1 aromatic rings. The zero-order valence-electron chi connectivity index (χ0n) is 6.11. The van der Waals surface area contributed by atoms with Gasteiger partial charge in [-0.25, -0.2) is 9.78 Å². The van der Waals surface area contributed by atoms with E-state index in [1.807, 2.05) is 0 Å². The molecular formula is C6H7N3O3. The average molecular weight is 169 g/mol. The van der Waals surface area contributed by atoms with Crippen molar-refractivity contribution in [2.45, 2.75) is 13.1 Å². The molecule has 0 aromatic carbocycles. The SMILES string of the molecule is O=C(O)c1nc2c([nH]1)CN(O)C2. The number of hydrogen-bond donors (Lipinski definition) is 3. The first-order valence-corrected chi connectivity index (χ1v) is 3.41. The standard InChI is InChI=1S/C6H7N3O3/c10-6(11)5-7-3-1-9(12)2-4(3)8-5/h12H,1-2H2,(H,7,8)(H,10,11). The van der Waals surface area contributed by atoms with E-state index in [-0.39, 0.29) is 5.82 Å². The highest BCUT2D eigenvalue weighted by molar-refractivity contribution is 5.83. The summed E-state index contributed by atoms with van der Waals surface area (Å²) < 4.78 is 0. The molecule has 2 heterocycles. The van der Waals surface area contributed by atoms with Gasteiger partial charge in [0.25, 0.3) is 0 Å². The van der Waals surface area contributed by atoms with Crippen LogP contribution in [-0.2, 0) is 13.1 Å². The van der Waals surface area contributed by atoms with Gasteiger partial charge in [-0.2, -0.15) is 5.06 Å². The number of aromatic amines is 1. The van der Waals surface area contributed by atoms with Gasteiger partial charge in [0.1, 0.15) is 0 Å².